The Morgan fingerprint density at radius 3 is 2.79 bits per heavy atom. The molecule has 2 N–H and O–H groups in total. The van der Waals surface area contributed by atoms with Crippen molar-refractivity contribution in [2.24, 2.45) is 0 Å². The third-order valence-corrected chi connectivity index (χ3v) is 3.96. The molecule has 0 aliphatic carbocycles. The van der Waals surface area contributed by atoms with Crippen LogP contribution in [0.25, 0.3) is 11.1 Å². The summed E-state index contributed by atoms with van der Waals surface area (Å²) in [5.74, 6) is 0. The summed E-state index contributed by atoms with van der Waals surface area (Å²) in [5.41, 5.74) is 13.4. The summed E-state index contributed by atoms with van der Waals surface area (Å²) in [6.07, 6.45) is 2.43. The Hall–Kier alpha value is -1.96. The van der Waals surface area contributed by atoms with Crippen LogP contribution in [0.4, 0.5) is 11.4 Å². The summed E-state index contributed by atoms with van der Waals surface area (Å²) in [6.45, 7) is 3.24. The monoisotopic (exact) mass is 252 g/mol. The van der Waals surface area contributed by atoms with E-state index in [1.54, 1.807) is 0 Å². The molecule has 0 unspecified atom stereocenters. The van der Waals surface area contributed by atoms with E-state index in [1.165, 1.54) is 35.2 Å². The van der Waals surface area contributed by atoms with Gasteiger partial charge < -0.3 is 10.6 Å². The molecule has 2 heteroatoms. The summed E-state index contributed by atoms with van der Waals surface area (Å²) in [5, 5.41) is 0. The molecule has 0 saturated carbocycles. The van der Waals surface area contributed by atoms with Crippen molar-refractivity contribution in [3.8, 4) is 11.1 Å². The molecule has 2 nitrogen and oxygen atoms in total. The van der Waals surface area contributed by atoms with Gasteiger partial charge in [-0.3, -0.25) is 0 Å². The van der Waals surface area contributed by atoms with Gasteiger partial charge in [-0.05, 0) is 49.1 Å². The third-order valence-electron chi connectivity index (χ3n) is 3.96. The van der Waals surface area contributed by atoms with Crippen molar-refractivity contribution in [3.05, 3.63) is 47.5 Å². The van der Waals surface area contributed by atoms with E-state index in [-0.39, 0.29) is 0 Å². The highest BCUT2D eigenvalue weighted by atomic mass is 15.1. The van der Waals surface area contributed by atoms with E-state index < -0.39 is 0 Å². The molecule has 1 heterocycles. The Bertz CT molecular complexity index is 617. The number of hydrogen-bond acceptors (Lipinski definition) is 2. The Morgan fingerprint density at radius 2 is 1.95 bits per heavy atom. The van der Waals surface area contributed by atoms with Crippen molar-refractivity contribution >= 4 is 11.4 Å². The first-order valence-electron chi connectivity index (χ1n) is 6.86. The molecule has 1 aliphatic rings. The lowest BCUT2D eigenvalue weighted by molar-refractivity contribution is 0.745. The van der Waals surface area contributed by atoms with Crippen LogP contribution in [-0.2, 0) is 6.42 Å². The lowest BCUT2D eigenvalue weighted by atomic mass is 9.95. The fraction of sp³-hybridized carbons (Fsp3) is 0.294. The minimum Gasteiger partial charge on any atom is -0.398 e. The van der Waals surface area contributed by atoms with Gasteiger partial charge in [0.05, 0.1) is 0 Å². The van der Waals surface area contributed by atoms with Gasteiger partial charge in [0.1, 0.15) is 0 Å². The molecule has 3 rings (SSSR count). The van der Waals surface area contributed by atoms with Crippen molar-refractivity contribution in [3.63, 3.8) is 0 Å². The van der Waals surface area contributed by atoms with Crippen LogP contribution in [-0.4, -0.2) is 13.6 Å². The number of aryl methyl sites for hydroxylation is 2. The zero-order valence-corrected chi connectivity index (χ0v) is 11.6. The zero-order chi connectivity index (χ0) is 13.4. The minimum atomic E-state index is 0.851. The van der Waals surface area contributed by atoms with Gasteiger partial charge in [0, 0.05) is 30.5 Å². The van der Waals surface area contributed by atoms with Crippen LogP contribution in [0.2, 0.25) is 0 Å². The van der Waals surface area contributed by atoms with Gasteiger partial charge in [0.25, 0.3) is 0 Å². The van der Waals surface area contributed by atoms with E-state index in [9.17, 15) is 0 Å². The fourth-order valence-electron chi connectivity index (χ4n) is 2.85. The highest BCUT2D eigenvalue weighted by molar-refractivity contribution is 5.80. The maximum atomic E-state index is 6.12. The van der Waals surface area contributed by atoms with Crippen molar-refractivity contribution in [2.75, 3.05) is 24.2 Å². The summed E-state index contributed by atoms with van der Waals surface area (Å²) >= 11 is 0. The normalized spacial score (nSPS) is 14.3. The number of anilines is 2. The largest absolute Gasteiger partial charge is 0.398 e. The van der Waals surface area contributed by atoms with Gasteiger partial charge >= 0.3 is 0 Å². The molecular formula is C17H20N2. The number of nitrogens with zero attached hydrogens (tertiary/aromatic N) is 1. The van der Waals surface area contributed by atoms with Crippen LogP contribution < -0.4 is 10.6 Å². The minimum absolute atomic E-state index is 0.851. The number of nitrogens with two attached hydrogens (primary N) is 1. The van der Waals surface area contributed by atoms with Gasteiger partial charge in [-0.1, -0.05) is 23.8 Å². The van der Waals surface area contributed by atoms with Gasteiger partial charge in [-0.2, -0.15) is 0 Å². The summed E-state index contributed by atoms with van der Waals surface area (Å²) in [4.78, 5) is 2.34. The molecule has 0 amide bonds. The zero-order valence-electron chi connectivity index (χ0n) is 11.6. The van der Waals surface area contributed by atoms with Crippen molar-refractivity contribution in [1.29, 1.82) is 0 Å². The highest BCUT2D eigenvalue weighted by Gasteiger charge is 2.14. The van der Waals surface area contributed by atoms with Crippen LogP contribution in [0.5, 0.6) is 0 Å². The van der Waals surface area contributed by atoms with Gasteiger partial charge in [0.2, 0.25) is 0 Å². The molecule has 2 aromatic carbocycles. The van der Waals surface area contributed by atoms with E-state index in [0.717, 1.165) is 17.8 Å². The maximum absolute atomic E-state index is 6.12. The molecule has 0 atom stereocenters. The molecule has 0 saturated heterocycles. The first-order valence-corrected chi connectivity index (χ1v) is 6.86. The maximum Gasteiger partial charge on any atom is 0.0402 e. The summed E-state index contributed by atoms with van der Waals surface area (Å²) in [7, 11) is 2.17. The van der Waals surface area contributed by atoms with Gasteiger partial charge in [-0.25, -0.2) is 0 Å². The number of nitrogen functional groups attached to an aromatic ring is 1. The molecule has 1 aliphatic heterocycles. The predicted molar refractivity (Wildman–Crippen MR) is 82.6 cm³/mol. The highest BCUT2D eigenvalue weighted by Crippen LogP contribution is 2.33. The average Bonchev–Trinajstić information content (AvgIpc) is 2.42. The number of hydrogen-bond donors (Lipinski definition) is 1. The molecule has 0 spiro atoms. The van der Waals surface area contributed by atoms with E-state index in [0.29, 0.717) is 0 Å². The Balaban J connectivity index is 2.11. The number of benzene rings is 2. The second kappa shape index (κ2) is 4.61. The van der Waals surface area contributed by atoms with Crippen LogP contribution >= 0.6 is 0 Å². The quantitative estimate of drug-likeness (QED) is 0.785. The second-order valence-corrected chi connectivity index (χ2v) is 5.46. The molecule has 0 bridgehead atoms. The lowest BCUT2D eigenvalue weighted by Gasteiger charge is -2.28. The number of fused-ring (bicyclic) bond motifs is 1. The molecule has 98 valence electrons. The van der Waals surface area contributed by atoms with E-state index >= 15 is 0 Å². The lowest BCUT2D eigenvalue weighted by Crippen LogP contribution is -2.24. The smallest absolute Gasteiger partial charge is 0.0402 e. The van der Waals surface area contributed by atoms with Crippen molar-refractivity contribution in [1.82, 2.24) is 0 Å². The first-order chi connectivity index (χ1) is 9.15. The van der Waals surface area contributed by atoms with E-state index in [2.05, 4.69) is 49.2 Å². The molecule has 0 fully saturated rings. The molecule has 2 aromatic rings. The van der Waals surface area contributed by atoms with Crippen LogP contribution in [0.3, 0.4) is 0 Å². The van der Waals surface area contributed by atoms with E-state index in [4.69, 9.17) is 5.73 Å². The average molecular weight is 252 g/mol. The van der Waals surface area contributed by atoms with Crippen LogP contribution in [0, 0.1) is 6.92 Å². The van der Waals surface area contributed by atoms with Gasteiger partial charge in [-0.15, -0.1) is 0 Å². The summed E-state index contributed by atoms with van der Waals surface area (Å²) < 4.78 is 0. The molecule has 19 heavy (non-hydrogen) atoms. The van der Waals surface area contributed by atoms with Crippen molar-refractivity contribution < 1.29 is 0 Å². The SMILES string of the molecule is Cc1ccc(N)c(-c2ccc3c(c2)N(C)CCC3)c1. The van der Waals surface area contributed by atoms with Crippen LogP contribution in [0.1, 0.15) is 17.5 Å². The predicted octanol–water partition coefficient (Wildman–Crippen LogP) is 3.63. The number of rotatable bonds is 1. The van der Waals surface area contributed by atoms with Gasteiger partial charge in [0.15, 0.2) is 0 Å². The third kappa shape index (κ3) is 2.19. The fourth-order valence-corrected chi connectivity index (χ4v) is 2.85. The first kappa shape index (κ1) is 12.1. The Morgan fingerprint density at radius 1 is 1.11 bits per heavy atom. The topological polar surface area (TPSA) is 29.3 Å². The molecule has 0 aromatic heterocycles. The molecule has 0 radical (unpaired) electrons. The Kier molecular flexibility index (Phi) is 2.94. The molecular weight excluding hydrogens is 232 g/mol. The van der Waals surface area contributed by atoms with E-state index in [1.807, 2.05) is 6.07 Å². The van der Waals surface area contributed by atoms with Crippen molar-refractivity contribution in [2.45, 2.75) is 19.8 Å². The van der Waals surface area contributed by atoms with Crippen LogP contribution in [0.15, 0.2) is 36.4 Å². The summed E-state index contributed by atoms with van der Waals surface area (Å²) in [6, 6.07) is 12.9. The second-order valence-electron chi connectivity index (χ2n) is 5.46. The standard InChI is InChI=1S/C17H20N2/c1-12-5-8-16(18)15(10-12)14-7-6-13-4-3-9-19(2)17(13)11-14/h5-8,10-11H,3-4,9,18H2,1-2H3. The Labute approximate surface area is 114 Å².